The molecular formula is C17H21BrN2. The quantitative estimate of drug-likeness (QED) is 0.816. The molecule has 1 aromatic heterocycles. The molecule has 2 nitrogen and oxygen atoms in total. The monoisotopic (exact) mass is 332 g/mol. The number of nitrogens with one attached hydrogen (secondary N) is 1. The molecule has 1 aliphatic rings. The lowest BCUT2D eigenvalue weighted by molar-refractivity contribution is 0.317. The Morgan fingerprint density at radius 2 is 2.15 bits per heavy atom. The predicted molar refractivity (Wildman–Crippen MR) is 89.1 cm³/mol. The average molecular weight is 333 g/mol. The van der Waals surface area contributed by atoms with E-state index in [9.17, 15) is 0 Å². The summed E-state index contributed by atoms with van der Waals surface area (Å²) in [4.78, 5) is 4.59. The normalized spacial score (nSPS) is 22.9. The van der Waals surface area contributed by atoms with Gasteiger partial charge in [0.1, 0.15) is 0 Å². The van der Waals surface area contributed by atoms with Crippen LogP contribution in [0.2, 0.25) is 0 Å². The molecule has 0 radical (unpaired) electrons. The largest absolute Gasteiger partial charge is 0.380 e. The molecule has 0 amide bonds. The molecule has 3 heteroatoms. The number of halogens is 1. The Balaban J connectivity index is 1.90. The summed E-state index contributed by atoms with van der Waals surface area (Å²) in [5, 5.41) is 4.95. The van der Waals surface area contributed by atoms with Crippen LogP contribution in [-0.2, 0) is 0 Å². The third kappa shape index (κ3) is 2.83. The molecule has 2 aromatic rings. The molecular weight excluding hydrogens is 312 g/mol. The first-order valence-corrected chi connectivity index (χ1v) is 8.38. The number of para-hydroxylation sites is 1. The summed E-state index contributed by atoms with van der Waals surface area (Å²) in [5.41, 5.74) is 2.26. The molecule has 1 aromatic carbocycles. The van der Waals surface area contributed by atoms with Gasteiger partial charge in [-0.2, -0.15) is 0 Å². The fraction of sp³-hybridized carbons (Fsp3) is 0.471. The maximum absolute atomic E-state index is 4.59. The SMILES string of the molecule is CCC1CCCCC1Nc1cccc2cc(Br)cnc12. The lowest BCUT2D eigenvalue weighted by Crippen LogP contribution is -2.31. The van der Waals surface area contributed by atoms with Crippen LogP contribution in [0.15, 0.2) is 34.9 Å². The van der Waals surface area contributed by atoms with Crippen LogP contribution in [0.3, 0.4) is 0 Å². The van der Waals surface area contributed by atoms with E-state index in [1.165, 1.54) is 43.2 Å². The minimum absolute atomic E-state index is 0.602. The van der Waals surface area contributed by atoms with Gasteiger partial charge in [0, 0.05) is 22.1 Å². The Labute approximate surface area is 129 Å². The number of hydrogen-bond acceptors (Lipinski definition) is 2. The number of nitrogens with zero attached hydrogens (tertiary/aromatic N) is 1. The topological polar surface area (TPSA) is 24.9 Å². The Bertz CT molecular complexity index is 597. The predicted octanol–water partition coefficient (Wildman–Crippen LogP) is 5.38. The number of hydrogen-bond donors (Lipinski definition) is 1. The van der Waals surface area contributed by atoms with Gasteiger partial charge in [0.2, 0.25) is 0 Å². The van der Waals surface area contributed by atoms with Crippen molar-refractivity contribution in [1.29, 1.82) is 0 Å². The summed E-state index contributed by atoms with van der Waals surface area (Å²) >= 11 is 3.49. The molecule has 0 spiro atoms. The van der Waals surface area contributed by atoms with E-state index in [2.05, 4.69) is 57.4 Å². The molecule has 1 heterocycles. The Kier molecular flexibility index (Phi) is 4.25. The van der Waals surface area contributed by atoms with Crippen LogP contribution in [0.5, 0.6) is 0 Å². The van der Waals surface area contributed by atoms with Gasteiger partial charge in [-0.3, -0.25) is 4.98 Å². The molecule has 106 valence electrons. The van der Waals surface area contributed by atoms with Crippen LogP contribution in [-0.4, -0.2) is 11.0 Å². The minimum atomic E-state index is 0.602. The van der Waals surface area contributed by atoms with Crippen molar-refractivity contribution >= 4 is 32.5 Å². The first-order valence-electron chi connectivity index (χ1n) is 7.58. The van der Waals surface area contributed by atoms with E-state index in [4.69, 9.17) is 0 Å². The van der Waals surface area contributed by atoms with Crippen molar-refractivity contribution in [1.82, 2.24) is 4.98 Å². The summed E-state index contributed by atoms with van der Waals surface area (Å²) in [6, 6.07) is 9.12. The van der Waals surface area contributed by atoms with E-state index in [1.54, 1.807) is 0 Å². The van der Waals surface area contributed by atoms with E-state index in [-0.39, 0.29) is 0 Å². The summed E-state index contributed by atoms with van der Waals surface area (Å²) in [7, 11) is 0. The van der Waals surface area contributed by atoms with Gasteiger partial charge < -0.3 is 5.32 Å². The van der Waals surface area contributed by atoms with Gasteiger partial charge in [-0.1, -0.05) is 38.3 Å². The maximum Gasteiger partial charge on any atom is 0.0934 e. The van der Waals surface area contributed by atoms with Crippen LogP contribution < -0.4 is 5.32 Å². The van der Waals surface area contributed by atoms with E-state index in [0.717, 1.165) is 15.9 Å². The summed E-state index contributed by atoms with van der Waals surface area (Å²) in [5.74, 6) is 0.800. The van der Waals surface area contributed by atoms with Crippen molar-refractivity contribution in [3.8, 4) is 0 Å². The van der Waals surface area contributed by atoms with Gasteiger partial charge in [0.25, 0.3) is 0 Å². The number of fused-ring (bicyclic) bond motifs is 1. The van der Waals surface area contributed by atoms with E-state index in [0.29, 0.717) is 6.04 Å². The van der Waals surface area contributed by atoms with E-state index < -0.39 is 0 Å². The number of rotatable bonds is 3. The molecule has 1 saturated carbocycles. The Morgan fingerprint density at radius 1 is 1.30 bits per heavy atom. The Hall–Kier alpha value is -1.09. The molecule has 2 atom stereocenters. The van der Waals surface area contributed by atoms with E-state index >= 15 is 0 Å². The number of benzene rings is 1. The molecule has 1 fully saturated rings. The third-order valence-electron chi connectivity index (χ3n) is 4.45. The van der Waals surface area contributed by atoms with E-state index in [1.807, 2.05) is 6.20 Å². The second-order valence-electron chi connectivity index (χ2n) is 5.73. The van der Waals surface area contributed by atoms with Crippen LogP contribution >= 0.6 is 15.9 Å². The first kappa shape index (κ1) is 13.9. The lowest BCUT2D eigenvalue weighted by Gasteiger charge is -2.32. The standard InChI is InChI=1S/C17H21BrN2/c1-2-12-6-3-4-8-15(12)20-16-9-5-7-13-10-14(18)11-19-17(13)16/h5,7,9-12,15,20H,2-4,6,8H2,1H3. The number of pyridine rings is 1. The van der Waals surface area contributed by atoms with Crippen molar-refractivity contribution in [2.24, 2.45) is 5.92 Å². The average Bonchev–Trinajstić information content (AvgIpc) is 2.47. The summed E-state index contributed by atoms with van der Waals surface area (Å²) in [6.45, 7) is 2.31. The van der Waals surface area contributed by atoms with Crippen LogP contribution in [0.4, 0.5) is 5.69 Å². The fourth-order valence-corrected chi connectivity index (χ4v) is 3.69. The van der Waals surface area contributed by atoms with Crippen LogP contribution in [0, 0.1) is 5.92 Å². The highest BCUT2D eigenvalue weighted by molar-refractivity contribution is 9.10. The smallest absolute Gasteiger partial charge is 0.0934 e. The van der Waals surface area contributed by atoms with Gasteiger partial charge in [-0.25, -0.2) is 0 Å². The molecule has 0 bridgehead atoms. The van der Waals surface area contributed by atoms with Crippen molar-refractivity contribution < 1.29 is 0 Å². The molecule has 1 aliphatic carbocycles. The van der Waals surface area contributed by atoms with Crippen molar-refractivity contribution in [2.45, 2.75) is 45.1 Å². The van der Waals surface area contributed by atoms with Crippen LogP contribution in [0.1, 0.15) is 39.0 Å². The number of anilines is 1. The van der Waals surface area contributed by atoms with Gasteiger partial charge in [0.05, 0.1) is 11.2 Å². The van der Waals surface area contributed by atoms with Crippen LogP contribution in [0.25, 0.3) is 10.9 Å². The first-order chi connectivity index (χ1) is 9.78. The minimum Gasteiger partial charge on any atom is -0.380 e. The lowest BCUT2D eigenvalue weighted by atomic mass is 9.83. The fourth-order valence-electron chi connectivity index (χ4n) is 3.34. The highest BCUT2D eigenvalue weighted by Gasteiger charge is 2.23. The highest BCUT2D eigenvalue weighted by atomic mass is 79.9. The zero-order valence-corrected chi connectivity index (χ0v) is 13.5. The number of aromatic nitrogens is 1. The maximum atomic E-state index is 4.59. The van der Waals surface area contributed by atoms with Gasteiger partial charge in [-0.15, -0.1) is 0 Å². The van der Waals surface area contributed by atoms with Crippen molar-refractivity contribution in [2.75, 3.05) is 5.32 Å². The second-order valence-corrected chi connectivity index (χ2v) is 6.65. The third-order valence-corrected chi connectivity index (χ3v) is 4.89. The summed E-state index contributed by atoms with van der Waals surface area (Å²) < 4.78 is 1.03. The highest BCUT2D eigenvalue weighted by Crippen LogP contribution is 2.31. The molecule has 3 rings (SSSR count). The van der Waals surface area contributed by atoms with Gasteiger partial charge in [-0.05, 0) is 46.8 Å². The van der Waals surface area contributed by atoms with Crippen molar-refractivity contribution in [3.63, 3.8) is 0 Å². The van der Waals surface area contributed by atoms with Gasteiger partial charge in [0.15, 0.2) is 0 Å². The Morgan fingerprint density at radius 3 is 3.00 bits per heavy atom. The zero-order chi connectivity index (χ0) is 13.9. The zero-order valence-electron chi connectivity index (χ0n) is 11.9. The molecule has 0 saturated heterocycles. The molecule has 0 aliphatic heterocycles. The molecule has 2 unspecified atom stereocenters. The molecule has 1 N–H and O–H groups in total. The van der Waals surface area contributed by atoms with Crippen molar-refractivity contribution in [3.05, 3.63) is 34.9 Å². The second kappa shape index (κ2) is 6.13. The van der Waals surface area contributed by atoms with Gasteiger partial charge >= 0.3 is 0 Å². The summed E-state index contributed by atoms with van der Waals surface area (Å²) in [6.07, 6.45) is 8.52. The molecule has 20 heavy (non-hydrogen) atoms.